The molecular weight excluding hydrogens is 1220 g/mol. The van der Waals surface area contributed by atoms with Crippen LogP contribution in [-0.4, -0.2) is 96.7 Å². The van der Waals surface area contributed by atoms with Gasteiger partial charge >= 0.3 is 39.5 Å². The smallest absolute Gasteiger partial charge is 0.462 e. The lowest BCUT2D eigenvalue weighted by atomic mass is 9.99. The van der Waals surface area contributed by atoms with Crippen molar-refractivity contribution < 1.29 is 80.2 Å². The summed E-state index contributed by atoms with van der Waals surface area (Å²) in [4.78, 5) is 72.7. The second-order valence-corrected chi connectivity index (χ2v) is 31.0. The Balaban J connectivity index is 5.24. The minimum absolute atomic E-state index is 0.104. The molecule has 0 rings (SSSR count). The van der Waals surface area contributed by atoms with Crippen molar-refractivity contribution in [1.82, 2.24) is 0 Å². The summed E-state index contributed by atoms with van der Waals surface area (Å²) in [6.07, 6.45) is 47.2. The summed E-state index contributed by atoms with van der Waals surface area (Å²) in [5.74, 6) is 0.935. The largest absolute Gasteiger partial charge is 0.472 e. The van der Waals surface area contributed by atoms with Gasteiger partial charge in [0.05, 0.1) is 26.4 Å². The molecule has 0 amide bonds. The van der Waals surface area contributed by atoms with E-state index in [9.17, 15) is 43.2 Å². The molecule has 93 heavy (non-hydrogen) atoms. The summed E-state index contributed by atoms with van der Waals surface area (Å²) in [6.45, 7) is 14.2. The van der Waals surface area contributed by atoms with Crippen LogP contribution in [0.4, 0.5) is 0 Å². The first kappa shape index (κ1) is 91.1. The van der Waals surface area contributed by atoms with Gasteiger partial charge in [-0.15, -0.1) is 0 Å². The maximum Gasteiger partial charge on any atom is 0.472 e. The van der Waals surface area contributed by atoms with E-state index in [1.54, 1.807) is 0 Å². The molecule has 7 atom stereocenters. The topological polar surface area (TPSA) is 237 Å². The standard InChI is InChI=1S/C74H144O17P2/c1-9-66(7)52-44-36-27-21-18-19-22-29-38-46-54-71(76)84-60-69(90-73(78)56-48-40-30-23-17-15-13-11-12-14-16-20-26-34-42-50-64(3)4)62-88-92(80,81)86-58-68(75)59-87-93(82,83)89-63-70(61-85-72(77)55-47-39-33-32-35-43-51-65(5)6)91-74(79)57-49-41-31-25-24-28-37-45-53-67(8)10-2/h64-70,75H,9-63H2,1-8H3,(H,80,81)(H,82,83)/t66?,67?,68-,69-,70-/m1/s1. The zero-order chi connectivity index (χ0) is 68.9. The quantitative estimate of drug-likeness (QED) is 0.0222. The normalized spacial score (nSPS) is 14.8. The number of esters is 4. The van der Waals surface area contributed by atoms with E-state index in [0.717, 1.165) is 114 Å². The Bertz CT molecular complexity index is 1840. The van der Waals surface area contributed by atoms with Crippen molar-refractivity contribution in [1.29, 1.82) is 0 Å². The Hall–Kier alpha value is -1.94. The van der Waals surface area contributed by atoms with E-state index < -0.39 is 97.5 Å². The molecule has 3 N–H and O–H groups in total. The third-order valence-corrected chi connectivity index (χ3v) is 19.7. The van der Waals surface area contributed by atoms with Crippen LogP contribution in [0.5, 0.6) is 0 Å². The lowest BCUT2D eigenvalue weighted by molar-refractivity contribution is -0.161. The second kappa shape index (κ2) is 63.5. The minimum atomic E-state index is -4.96. The highest BCUT2D eigenvalue weighted by molar-refractivity contribution is 7.47. The van der Waals surface area contributed by atoms with Crippen LogP contribution < -0.4 is 0 Å². The number of phosphoric ester groups is 2. The van der Waals surface area contributed by atoms with Gasteiger partial charge in [-0.2, -0.15) is 0 Å². The summed E-state index contributed by atoms with van der Waals surface area (Å²) in [6, 6.07) is 0. The lowest BCUT2D eigenvalue weighted by Crippen LogP contribution is -2.30. The Morgan fingerprint density at radius 3 is 0.763 bits per heavy atom. The van der Waals surface area contributed by atoms with Gasteiger partial charge in [0.1, 0.15) is 19.3 Å². The molecule has 0 radical (unpaired) electrons. The van der Waals surface area contributed by atoms with Crippen LogP contribution in [0.25, 0.3) is 0 Å². The molecule has 0 saturated heterocycles. The Labute approximate surface area is 568 Å². The zero-order valence-corrected chi connectivity index (χ0v) is 62.7. The monoisotopic (exact) mass is 1370 g/mol. The van der Waals surface area contributed by atoms with Crippen molar-refractivity contribution >= 4 is 39.5 Å². The fraction of sp³-hybridized carbons (Fsp3) is 0.946. The predicted molar refractivity (Wildman–Crippen MR) is 377 cm³/mol. The van der Waals surface area contributed by atoms with Gasteiger partial charge in [0.25, 0.3) is 0 Å². The Morgan fingerprint density at radius 2 is 0.516 bits per heavy atom. The first-order valence-electron chi connectivity index (χ1n) is 38.3. The maximum atomic E-state index is 13.1. The first-order valence-corrected chi connectivity index (χ1v) is 41.3. The van der Waals surface area contributed by atoms with Crippen molar-refractivity contribution in [2.24, 2.45) is 23.7 Å². The van der Waals surface area contributed by atoms with Crippen molar-refractivity contribution in [3.63, 3.8) is 0 Å². The first-order chi connectivity index (χ1) is 44.7. The van der Waals surface area contributed by atoms with Crippen LogP contribution >= 0.6 is 15.6 Å². The molecule has 0 aromatic carbocycles. The number of carbonyl (C=O) groups is 4. The van der Waals surface area contributed by atoms with Crippen molar-refractivity contribution in [3.8, 4) is 0 Å². The molecule has 0 spiro atoms. The molecule has 0 aliphatic rings. The van der Waals surface area contributed by atoms with Gasteiger partial charge in [-0.3, -0.25) is 37.3 Å². The zero-order valence-electron chi connectivity index (χ0n) is 60.9. The number of unbranched alkanes of at least 4 members (excludes halogenated alkanes) is 35. The van der Waals surface area contributed by atoms with Gasteiger partial charge in [0.15, 0.2) is 12.2 Å². The molecule has 0 aliphatic heterocycles. The second-order valence-electron chi connectivity index (χ2n) is 28.1. The van der Waals surface area contributed by atoms with Gasteiger partial charge in [0.2, 0.25) is 0 Å². The average Bonchev–Trinajstić information content (AvgIpc) is 2.52. The molecule has 0 heterocycles. The van der Waals surface area contributed by atoms with Crippen LogP contribution in [0.3, 0.4) is 0 Å². The molecule has 4 unspecified atom stereocenters. The Morgan fingerprint density at radius 1 is 0.301 bits per heavy atom. The molecule has 0 aromatic rings. The van der Waals surface area contributed by atoms with Gasteiger partial charge < -0.3 is 33.8 Å². The number of ether oxygens (including phenoxy) is 4. The number of phosphoric acid groups is 2. The van der Waals surface area contributed by atoms with Crippen molar-refractivity contribution in [2.45, 2.75) is 388 Å². The summed E-state index contributed by atoms with van der Waals surface area (Å²) < 4.78 is 68.4. The number of hydrogen-bond donors (Lipinski definition) is 3. The molecule has 19 heteroatoms. The van der Waals surface area contributed by atoms with E-state index >= 15 is 0 Å². The van der Waals surface area contributed by atoms with Crippen LogP contribution in [0.1, 0.15) is 370 Å². The molecular formula is C74H144O17P2. The third kappa shape index (κ3) is 65.8. The predicted octanol–water partition coefficient (Wildman–Crippen LogP) is 21.3. The van der Waals surface area contributed by atoms with E-state index in [1.807, 2.05) is 0 Å². The number of aliphatic hydroxyl groups excluding tert-OH is 1. The summed E-state index contributed by atoms with van der Waals surface area (Å²) in [5.41, 5.74) is 0. The fourth-order valence-corrected chi connectivity index (χ4v) is 12.7. The molecule has 0 bridgehead atoms. The maximum absolute atomic E-state index is 13.1. The molecule has 0 saturated carbocycles. The van der Waals surface area contributed by atoms with E-state index in [0.29, 0.717) is 31.6 Å². The molecule has 552 valence electrons. The van der Waals surface area contributed by atoms with E-state index in [-0.39, 0.29) is 25.7 Å². The van der Waals surface area contributed by atoms with Gasteiger partial charge in [-0.05, 0) is 49.4 Å². The molecule has 17 nitrogen and oxygen atoms in total. The number of carbonyl (C=O) groups excluding carboxylic acids is 4. The van der Waals surface area contributed by atoms with E-state index in [2.05, 4.69) is 55.4 Å². The van der Waals surface area contributed by atoms with Crippen LogP contribution in [0.15, 0.2) is 0 Å². The average molecular weight is 1370 g/mol. The summed E-state index contributed by atoms with van der Waals surface area (Å²) in [5, 5.41) is 10.6. The number of rotatable bonds is 71. The summed E-state index contributed by atoms with van der Waals surface area (Å²) >= 11 is 0. The van der Waals surface area contributed by atoms with Gasteiger partial charge in [-0.1, -0.05) is 319 Å². The minimum Gasteiger partial charge on any atom is -0.462 e. The highest BCUT2D eigenvalue weighted by Crippen LogP contribution is 2.45. The summed E-state index contributed by atoms with van der Waals surface area (Å²) in [7, 11) is -9.91. The van der Waals surface area contributed by atoms with Crippen LogP contribution in [-0.2, 0) is 65.4 Å². The van der Waals surface area contributed by atoms with E-state index in [1.165, 1.54) is 167 Å². The molecule has 0 fully saturated rings. The number of hydrogen-bond acceptors (Lipinski definition) is 15. The van der Waals surface area contributed by atoms with Crippen LogP contribution in [0.2, 0.25) is 0 Å². The van der Waals surface area contributed by atoms with Crippen LogP contribution in [0, 0.1) is 23.7 Å². The SMILES string of the molecule is CCC(C)CCCCCCCCCCCCC(=O)OC[C@H](COP(=O)(O)OC[C@@H](O)COP(=O)(O)OC[C@@H](COC(=O)CCCCCCCCC(C)C)OC(=O)CCCCCCCCCCC(C)CC)OC(=O)CCCCCCCCCCCCCCCCCC(C)C. The lowest BCUT2D eigenvalue weighted by Gasteiger charge is -2.21. The highest BCUT2D eigenvalue weighted by atomic mass is 31.2. The van der Waals surface area contributed by atoms with Gasteiger partial charge in [-0.25, -0.2) is 9.13 Å². The van der Waals surface area contributed by atoms with Crippen molar-refractivity contribution in [3.05, 3.63) is 0 Å². The molecule has 0 aliphatic carbocycles. The third-order valence-electron chi connectivity index (χ3n) is 17.8. The van der Waals surface area contributed by atoms with Crippen molar-refractivity contribution in [2.75, 3.05) is 39.6 Å². The Kier molecular flexibility index (Phi) is 62.2. The highest BCUT2D eigenvalue weighted by Gasteiger charge is 2.30. The molecule has 0 aromatic heterocycles. The van der Waals surface area contributed by atoms with Gasteiger partial charge in [0, 0.05) is 25.7 Å². The fourth-order valence-electron chi connectivity index (χ4n) is 11.1. The number of aliphatic hydroxyl groups is 1. The van der Waals surface area contributed by atoms with E-state index in [4.69, 9.17) is 37.0 Å².